The molecule has 0 radical (unpaired) electrons. The van der Waals surface area contributed by atoms with Crippen molar-refractivity contribution in [3.8, 4) is 5.69 Å². The van der Waals surface area contributed by atoms with Crippen molar-refractivity contribution in [1.82, 2.24) is 14.8 Å². The summed E-state index contributed by atoms with van der Waals surface area (Å²) in [5.74, 6) is 0.382. The van der Waals surface area contributed by atoms with Crippen molar-refractivity contribution >= 4 is 29.1 Å². The summed E-state index contributed by atoms with van der Waals surface area (Å²) < 4.78 is 1.39. The van der Waals surface area contributed by atoms with Gasteiger partial charge in [0.25, 0.3) is 11.5 Å². The van der Waals surface area contributed by atoms with Gasteiger partial charge in [-0.15, -0.1) is 0 Å². The number of carbonyl (C=O) groups is 1. The number of pyridine rings is 1. The van der Waals surface area contributed by atoms with Crippen molar-refractivity contribution in [2.24, 2.45) is 5.92 Å². The van der Waals surface area contributed by atoms with Crippen LogP contribution in [0.15, 0.2) is 41.3 Å². The van der Waals surface area contributed by atoms with Gasteiger partial charge in [-0.25, -0.2) is 0 Å². The molecule has 5 rings (SSSR count). The average molecular weight is 392 g/mol. The molecule has 26 heavy (non-hydrogen) atoms. The summed E-state index contributed by atoms with van der Waals surface area (Å²) in [6.45, 7) is 3.15. The molecule has 3 fully saturated rings. The molecule has 3 aliphatic rings. The smallest absolute Gasteiger partial charge is 0.255 e. The Hall–Kier alpha value is -1.82. The fourth-order valence-electron chi connectivity index (χ4n) is 3.88. The molecule has 4 heterocycles. The number of amides is 1. The molecular weight excluding hydrogens is 373 g/mol. The van der Waals surface area contributed by atoms with Gasteiger partial charge in [-0.3, -0.25) is 14.2 Å². The fourth-order valence-corrected chi connectivity index (χ4v) is 4.40. The first-order valence-corrected chi connectivity index (χ1v) is 9.47. The largest absolute Gasteiger partial charge is 0.348 e. The molecule has 0 saturated carbocycles. The Morgan fingerprint density at radius 3 is 2.38 bits per heavy atom. The third kappa shape index (κ3) is 3.52. The van der Waals surface area contributed by atoms with E-state index in [4.69, 9.17) is 23.2 Å². The molecule has 5 nitrogen and oxygen atoms in total. The molecule has 3 aliphatic heterocycles. The first-order chi connectivity index (χ1) is 12.5. The van der Waals surface area contributed by atoms with Crippen LogP contribution in [0.5, 0.6) is 0 Å². The second-order valence-electron chi connectivity index (χ2n) is 6.97. The van der Waals surface area contributed by atoms with Crippen molar-refractivity contribution in [3.05, 3.63) is 62.5 Å². The second-order valence-corrected chi connectivity index (χ2v) is 7.84. The van der Waals surface area contributed by atoms with E-state index in [0.29, 0.717) is 27.2 Å². The van der Waals surface area contributed by atoms with Gasteiger partial charge in [0, 0.05) is 34.9 Å². The lowest BCUT2D eigenvalue weighted by atomic mass is 9.84. The summed E-state index contributed by atoms with van der Waals surface area (Å²) in [5.41, 5.74) is 0.727. The number of hydrogen-bond acceptors (Lipinski definition) is 3. The van der Waals surface area contributed by atoms with Crippen LogP contribution in [-0.4, -0.2) is 41.1 Å². The van der Waals surface area contributed by atoms with Crippen molar-refractivity contribution in [2.45, 2.75) is 18.9 Å². The number of fused-ring (bicyclic) bond motifs is 3. The highest BCUT2D eigenvalue weighted by molar-refractivity contribution is 6.34. The van der Waals surface area contributed by atoms with E-state index in [1.165, 1.54) is 10.6 Å². The van der Waals surface area contributed by atoms with Crippen molar-refractivity contribution < 1.29 is 4.79 Å². The number of rotatable bonds is 3. The number of hydrogen-bond donors (Lipinski definition) is 1. The van der Waals surface area contributed by atoms with E-state index in [0.717, 1.165) is 32.5 Å². The van der Waals surface area contributed by atoms with Crippen LogP contribution in [0.25, 0.3) is 5.69 Å². The Bertz CT molecular complexity index is 884. The average Bonchev–Trinajstić information content (AvgIpc) is 2.62. The minimum Gasteiger partial charge on any atom is -0.348 e. The fraction of sp³-hybridized carbons (Fsp3) is 0.368. The van der Waals surface area contributed by atoms with Gasteiger partial charge in [-0.05, 0) is 56.1 Å². The summed E-state index contributed by atoms with van der Waals surface area (Å²) in [6, 6.07) is 8.00. The number of benzene rings is 1. The first kappa shape index (κ1) is 17.6. The topological polar surface area (TPSA) is 54.3 Å². The lowest BCUT2D eigenvalue weighted by Crippen LogP contribution is -2.57. The molecule has 0 aliphatic carbocycles. The first-order valence-electron chi connectivity index (χ1n) is 8.72. The van der Waals surface area contributed by atoms with Gasteiger partial charge in [0.2, 0.25) is 0 Å². The van der Waals surface area contributed by atoms with Gasteiger partial charge >= 0.3 is 0 Å². The molecule has 2 aromatic rings. The molecule has 1 aromatic heterocycles. The standard InChI is InChI=1S/C19H19Cl2N3O2/c20-14-7-15(21)9-16(8-14)24-10-13(1-2-18(24)25)19(26)22-17-11-23-5-3-12(17)4-6-23/h1-2,7-10,12,17H,3-6,11H2,(H,22,26). The highest BCUT2D eigenvalue weighted by Gasteiger charge is 2.34. The maximum atomic E-state index is 12.7. The van der Waals surface area contributed by atoms with E-state index in [-0.39, 0.29) is 17.5 Å². The molecule has 2 bridgehead atoms. The van der Waals surface area contributed by atoms with Crippen LogP contribution in [0.4, 0.5) is 0 Å². The Balaban J connectivity index is 1.59. The molecule has 0 spiro atoms. The molecule has 1 aromatic carbocycles. The quantitative estimate of drug-likeness (QED) is 0.874. The zero-order chi connectivity index (χ0) is 18.3. The Kier molecular flexibility index (Phi) is 4.78. The number of halogens is 2. The molecule has 136 valence electrons. The summed E-state index contributed by atoms with van der Waals surface area (Å²) in [6.07, 6.45) is 3.80. The normalized spacial score (nSPS) is 24.5. The van der Waals surface area contributed by atoms with E-state index in [9.17, 15) is 9.59 Å². The summed E-state index contributed by atoms with van der Waals surface area (Å²) in [4.78, 5) is 27.4. The Morgan fingerprint density at radius 2 is 1.77 bits per heavy atom. The third-order valence-electron chi connectivity index (χ3n) is 5.27. The Morgan fingerprint density at radius 1 is 1.08 bits per heavy atom. The minimum absolute atomic E-state index is 0.161. The van der Waals surface area contributed by atoms with Crippen molar-refractivity contribution in [1.29, 1.82) is 0 Å². The van der Waals surface area contributed by atoms with Gasteiger partial charge < -0.3 is 10.2 Å². The zero-order valence-electron chi connectivity index (χ0n) is 14.1. The van der Waals surface area contributed by atoms with Crippen molar-refractivity contribution in [2.75, 3.05) is 19.6 Å². The van der Waals surface area contributed by atoms with Gasteiger partial charge in [-0.2, -0.15) is 0 Å². The van der Waals surface area contributed by atoms with Crippen LogP contribution in [0, 0.1) is 5.92 Å². The monoisotopic (exact) mass is 391 g/mol. The Labute approximate surface area is 161 Å². The maximum Gasteiger partial charge on any atom is 0.255 e. The SMILES string of the molecule is O=C(NC1CN2CCC1CC2)c1ccc(=O)n(-c2cc(Cl)cc(Cl)c2)c1. The molecular formula is C19H19Cl2N3O2. The number of carbonyl (C=O) groups excluding carboxylic acids is 1. The van der Waals surface area contributed by atoms with Crippen LogP contribution in [-0.2, 0) is 0 Å². The van der Waals surface area contributed by atoms with Crippen LogP contribution >= 0.6 is 23.2 Å². The number of nitrogens with zero attached hydrogens (tertiary/aromatic N) is 2. The van der Waals surface area contributed by atoms with Crippen molar-refractivity contribution in [3.63, 3.8) is 0 Å². The summed E-state index contributed by atoms with van der Waals surface area (Å²) in [5, 5.41) is 4.00. The minimum atomic E-state index is -0.247. The van der Waals surface area contributed by atoms with E-state index in [1.807, 2.05) is 0 Å². The second kappa shape index (κ2) is 7.06. The lowest BCUT2D eigenvalue weighted by Gasteiger charge is -2.44. The van der Waals surface area contributed by atoms with Gasteiger partial charge in [0.1, 0.15) is 0 Å². The van der Waals surface area contributed by atoms with Gasteiger partial charge in [0.15, 0.2) is 0 Å². The van der Waals surface area contributed by atoms with Crippen LogP contribution < -0.4 is 10.9 Å². The summed E-state index contributed by atoms with van der Waals surface area (Å²) >= 11 is 12.1. The molecule has 1 atom stereocenters. The highest BCUT2D eigenvalue weighted by Crippen LogP contribution is 2.27. The van der Waals surface area contributed by atoms with E-state index in [1.54, 1.807) is 30.5 Å². The van der Waals surface area contributed by atoms with E-state index >= 15 is 0 Å². The maximum absolute atomic E-state index is 12.7. The molecule has 3 saturated heterocycles. The van der Waals surface area contributed by atoms with Crippen LogP contribution in [0.3, 0.4) is 0 Å². The number of aromatic nitrogens is 1. The summed E-state index contributed by atoms with van der Waals surface area (Å²) in [7, 11) is 0. The molecule has 1 amide bonds. The predicted octanol–water partition coefficient (Wildman–Crippen LogP) is 2.97. The third-order valence-corrected chi connectivity index (χ3v) is 5.71. The zero-order valence-corrected chi connectivity index (χ0v) is 15.6. The number of nitrogens with one attached hydrogen (secondary N) is 1. The molecule has 7 heteroatoms. The molecule has 1 unspecified atom stereocenters. The highest BCUT2D eigenvalue weighted by atomic mass is 35.5. The number of piperidine rings is 3. The van der Waals surface area contributed by atoms with Crippen LogP contribution in [0.1, 0.15) is 23.2 Å². The van der Waals surface area contributed by atoms with E-state index in [2.05, 4.69) is 10.2 Å². The lowest BCUT2D eigenvalue weighted by molar-refractivity contribution is 0.0620. The van der Waals surface area contributed by atoms with E-state index < -0.39 is 0 Å². The molecule has 1 N–H and O–H groups in total. The van der Waals surface area contributed by atoms with Crippen LogP contribution in [0.2, 0.25) is 10.0 Å². The van der Waals surface area contributed by atoms with Gasteiger partial charge in [-0.1, -0.05) is 23.2 Å². The van der Waals surface area contributed by atoms with Gasteiger partial charge in [0.05, 0.1) is 11.3 Å². The predicted molar refractivity (Wildman–Crippen MR) is 102 cm³/mol.